The van der Waals surface area contributed by atoms with Gasteiger partial charge in [-0.3, -0.25) is 0 Å². The number of piperidine rings is 1. The highest BCUT2D eigenvalue weighted by Gasteiger charge is 2.26. The van der Waals surface area contributed by atoms with Crippen LogP contribution < -0.4 is 5.32 Å². The maximum atomic E-state index is 13.5. The summed E-state index contributed by atoms with van der Waals surface area (Å²) in [5.41, 5.74) is 0.720. The van der Waals surface area contributed by atoms with Crippen molar-refractivity contribution in [2.75, 3.05) is 19.7 Å². The van der Waals surface area contributed by atoms with Gasteiger partial charge >= 0.3 is 6.03 Å². The molecule has 0 radical (unpaired) electrons. The fourth-order valence-electron chi connectivity index (χ4n) is 3.65. The lowest BCUT2D eigenvalue weighted by atomic mass is 9.90. The zero-order valence-electron chi connectivity index (χ0n) is 14.8. The van der Waals surface area contributed by atoms with Crippen LogP contribution in [0.5, 0.6) is 0 Å². The number of urea groups is 1. The molecule has 0 bridgehead atoms. The molecule has 2 aliphatic heterocycles. The molecule has 3 heterocycles. The van der Waals surface area contributed by atoms with E-state index in [2.05, 4.69) is 15.5 Å². The zero-order valence-corrected chi connectivity index (χ0v) is 14.8. The van der Waals surface area contributed by atoms with Crippen LogP contribution in [0.1, 0.15) is 36.0 Å². The lowest BCUT2D eigenvalue weighted by molar-refractivity contribution is 0.0805. The van der Waals surface area contributed by atoms with Gasteiger partial charge in [-0.25, -0.2) is 13.6 Å². The number of rotatable bonds is 3. The molecule has 27 heavy (non-hydrogen) atoms. The first-order chi connectivity index (χ1) is 13.1. The highest BCUT2D eigenvalue weighted by molar-refractivity contribution is 5.74. The zero-order chi connectivity index (χ0) is 18.8. The van der Waals surface area contributed by atoms with Crippen molar-refractivity contribution in [3.05, 3.63) is 47.0 Å². The van der Waals surface area contributed by atoms with E-state index in [0.29, 0.717) is 38.7 Å². The largest absolute Gasteiger partial charge is 0.372 e. The van der Waals surface area contributed by atoms with Crippen LogP contribution >= 0.6 is 0 Å². The van der Waals surface area contributed by atoms with Gasteiger partial charge < -0.3 is 19.5 Å². The number of ether oxygens (including phenoxy) is 1. The third-order valence-electron chi connectivity index (χ3n) is 5.12. The van der Waals surface area contributed by atoms with Crippen molar-refractivity contribution in [1.29, 1.82) is 0 Å². The number of benzene rings is 1. The van der Waals surface area contributed by atoms with Gasteiger partial charge in [-0.05, 0) is 30.5 Å². The van der Waals surface area contributed by atoms with Gasteiger partial charge in [0.1, 0.15) is 6.61 Å². The molecule has 2 aromatic rings. The summed E-state index contributed by atoms with van der Waals surface area (Å²) in [6.45, 7) is 3.12. The molecule has 144 valence electrons. The monoisotopic (exact) mass is 377 g/mol. The molecule has 1 fully saturated rings. The van der Waals surface area contributed by atoms with Crippen LogP contribution in [0.3, 0.4) is 0 Å². The van der Waals surface area contributed by atoms with E-state index in [4.69, 9.17) is 4.74 Å². The first-order valence-electron chi connectivity index (χ1n) is 9.08. The number of nitrogens with one attached hydrogen (secondary N) is 1. The summed E-state index contributed by atoms with van der Waals surface area (Å²) in [6, 6.07) is 3.77. The first-order valence-corrected chi connectivity index (χ1v) is 9.08. The smallest absolute Gasteiger partial charge is 0.317 e. The maximum Gasteiger partial charge on any atom is 0.317 e. The van der Waals surface area contributed by atoms with Crippen LogP contribution in [0.2, 0.25) is 0 Å². The fraction of sp³-hybridized carbons (Fsp3) is 0.500. The summed E-state index contributed by atoms with van der Waals surface area (Å²) in [5.74, 6) is -0.240. The molecule has 9 heteroatoms. The van der Waals surface area contributed by atoms with Crippen LogP contribution in [-0.2, 0) is 24.4 Å². The Kier molecular flexibility index (Phi) is 5.02. The van der Waals surface area contributed by atoms with Crippen LogP contribution in [0.25, 0.3) is 0 Å². The summed E-state index contributed by atoms with van der Waals surface area (Å²) in [6.07, 6.45) is 1.65. The number of amides is 2. The predicted molar refractivity (Wildman–Crippen MR) is 91.8 cm³/mol. The van der Waals surface area contributed by atoms with Gasteiger partial charge in [0.25, 0.3) is 0 Å². The third-order valence-corrected chi connectivity index (χ3v) is 5.12. The molecule has 0 spiro atoms. The molecule has 7 nitrogen and oxygen atoms in total. The van der Waals surface area contributed by atoms with Crippen LogP contribution in [0.4, 0.5) is 13.6 Å². The molecule has 0 aliphatic carbocycles. The van der Waals surface area contributed by atoms with Gasteiger partial charge in [0.2, 0.25) is 0 Å². The number of halogens is 2. The number of nitrogens with zero attached hydrogens (tertiary/aromatic N) is 4. The molecule has 1 atom stereocenters. The number of likely N-dealkylation sites (tertiary alicyclic amines) is 1. The normalized spacial score (nSPS) is 19.6. The van der Waals surface area contributed by atoms with Crippen molar-refractivity contribution in [2.45, 2.75) is 38.5 Å². The Labute approximate surface area is 155 Å². The second kappa shape index (κ2) is 7.59. The highest BCUT2D eigenvalue weighted by atomic mass is 19.2. The van der Waals surface area contributed by atoms with E-state index in [9.17, 15) is 13.6 Å². The summed E-state index contributed by atoms with van der Waals surface area (Å²) in [7, 11) is 0. The van der Waals surface area contributed by atoms with Crippen molar-refractivity contribution in [1.82, 2.24) is 25.0 Å². The third kappa shape index (κ3) is 3.78. The average Bonchev–Trinajstić information content (AvgIpc) is 3.11. The fourth-order valence-corrected chi connectivity index (χ4v) is 3.65. The number of aromatic nitrogens is 3. The van der Waals surface area contributed by atoms with Crippen molar-refractivity contribution in [3.63, 3.8) is 0 Å². The lowest BCUT2D eigenvalue weighted by Gasteiger charge is -2.33. The first kappa shape index (κ1) is 17.8. The maximum absolute atomic E-state index is 13.5. The number of hydrogen-bond donors (Lipinski definition) is 1. The number of hydrogen-bond acceptors (Lipinski definition) is 4. The Hall–Kier alpha value is -2.55. The second-order valence-electron chi connectivity index (χ2n) is 6.85. The average molecular weight is 377 g/mol. The van der Waals surface area contributed by atoms with E-state index in [1.165, 1.54) is 6.07 Å². The van der Waals surface area contributed by atoms with Gasteiger partial charge in [-0.1, -0.05) is 6.07 Å². The Morgan fingerprint density at radius 2 is 2.15 bits per heavy atom. The minimum absolute atomic E-state index is 0.00222. The van der Waals surface area contributed by atoms with Gasteiger partial charge in [0.15, 0.2) is 23.3 Å². The molecular formula is C18H21F2N5O2. The minimum Gasteiger partial charge on any atom is -0.372 e. The molecular weight excluding hydrogens is 356 g/mol. The van der Waals surface area contributed by atoms with E-state index in [1.54, 1.807) is 11.0 Å². The van der Waals surface area contributed by atoms with Gasteiger partial charge in [-0.15, -0.1) is 10.2 Å². The molecule has 4 rings (SSSR count). The highest BCUT2D eigenvalue weighted by Crippen LogP contribution is 2.28. The molecule has 1 aromatic carbocycles. The van der Waals surface area contributed by atoms with Crippen LogP contribution in [0.15, 0.2) is 18.2 Å². The topological polar surface area (TPSA) is 72.3 Å². The van der Waals surface area contributed by atoms with Crippen molar-refractivity contribution >= 4 is 6.03 Å². The summed E-state index contributed by atoms with van der Waals surface area (Å²) < 4.78 is 34.0. The van der Waals surface area contributed by atoms with Crippen LogP contribution in [0, 0.1) is 11.6 Å². The van der Waals surface area contributed by atoms with Crippen LogP contribution in [-0.4, -0.2) is 45.4 Å². The molecule has 1 saturated heterocycles. The van der Waals surface area contributed by atoms with E-state index < -0.39 is 11.6 Å². The molecule has 1 N–H and O–H groups in total. The number of fused-ring (bicyclic) bond motifs is 1. The summed E-state index contributed by atoms with van der Waals surface area (Å²) >= 11 is 0. The van der Waals surface area contributed by atoms with Gasteiger partial charge in [0.05, 0.1) is 13.2 Å². The molecule has 1 aromatic heterocycles. The Bertz CT molecular complexity index is 841. The number of carbonyl (C=O) groups is 1. The SMILES string of the molecule is O=C(NCc1nnc2n1CCOC2)N1CCCC(c2ccc(F)c(F)c2)C1. The van der Waals surface area contributed by atoms with E-state index in [1.807, 2.05) is 4.57 Å². The summed E-state index contributed by atoms with van der Waals surface area (Å²) in [5, 5.41) is 11.1. The van der Waals surface area contributed by atoms with Crippen molar-refractivity contribution < 1.29 is 18.3 Å². The Morgan fingerprint density at radius 3 is 3.00 bits per heavy atom. The molecule has 0 saturated carbocycles. The van der Waals surface area contributed by atoms with E-state index in [-0.39, 0.29) is 18.5 Å². The van der Waals surface area contributed by atoms with E-state index in [0.717, 1.165) is 30.3 Å². The number of carbonyl (C=O) groups excluding carboxylic acids is 1. The van der Waals surface area contributed by atoms with Crippen molar-refractivity contribution in [3.8, 4) is 0 Å². The molecule has 2 aliphatic rings. The Balaban J connectivity index is 1.37. The minimum atomic E-state index is -0.855. The van der Waals surface area contributed by atoms with Gasteiger partial charge in [-0.2, -0.15) is 0 Å². The Morgan fingerprint density at radius 1 is 1.26 bits per heavy atom. The standard InChI is InChI=1S/C18H21F2N5O2/c19-14-4-3-12(8-15(14)20)13-2-1-5-24(10-13)18(26)21-9-16-22-23-17-11-27-7-6-25(16)17/h3-4,8,13H,1-2,5-7,9-11H2,(H,21,26). The molecule has 2 amide bonds. The van der Waals surface area contributed by atoms with E-state index >= 15 is 0 Å². The van der Waals surface area contributed by atoms with Crippen molar-refractivity contribution in [2.24, 2.45) is 0 Å². The lowest BCUT2D eigenvalue weighted by Crippen LogP contribution is -2.45. The summed E-state index contributed by atoms with van der Waals surface area (Å²) in [4.78, 5) is 14.3. The predicted octanol–water partition coefficient (Wildman–Crippen LogP) is 2.18. The second-order valence-corrected chi connectivity index (χ2v) is 6.85. The molecule has 1 unspecified atom stereocenters. The van der Waals surface area contributed by atoms with Gasteiger partial charge in [0, 0.05) is 25.6 Å². The quantitative estimate of drug-likeness (QED) is 0.890.